The summed E-state index contributed by atoms with van der Waals surface area (Å²) in [4.78, 5) is 23.8. The number of aromatic nitrogens is 3. The minimum atomic E-state index is -0.578. The van der Waals surface area contributed by atoms with Crippen LogP contribution in [0, 0.1) is 0 Å². The molecule has 2 aromatic carbocycles. The molecule has 0 aliphatic carbocycles. The fourth-order valence-corrected chi connectivity index (χ4v) is 2.28. The molecular formula is C17H16N4O4. The van der Waals surface area contributed by atoms with Crippen molar-refractivity contribution in [2.24, 2.45) is 0 Å². The molecule has 1 aromatic heterocycles. The molecule has 0 unspecified atom stereocenters. The number of benzene rings is 2. The fraction of sp³-hybridized carbons (Fsp3) is 0.176. The van der Waals surface area contributed by atoms with Crippen LogP contribution in [0.1, 0.15) is 0 Å². The molecule has 1 amide bonds. The van der Waals surface area contributed by atoms with E-state index in [1.807, 2.05) is 12.1 Å². The van der Waals surface area contributed by atoms with E-state index in [4.69, 9.17) is 9.47 Å². The Morgan fingerprint density at radius 1 is 1.12 bits per heavy atom. The summed E-state index contributed by atoms with van der Waals surface area (Å²) in [5, 5.41) is 10.5. The van der Waals surface area contributed by atoms with Crippen LogP contribution in [0.5, 0.6) is 5.75 Å². The van der Waals surface area contributed by atoms with Gasteiger partial charge in [0.1, 0.15) is 17.8 Å². The van der Waals surface area contributed by atoms with Crippen molar-refractivity contribution in [3.8, 4) is 5.75 Å². The average Bonchev–Trinajstić information content (AvgIpc) is 3.03. The molecule has 1 N–H and O–H groups in total. The molecule has 0 atom stereocenters. The monoisotopic (exact) mass is 340 g/mol. The number of esters is 1. The minimum absolute atomic E-state index is 0.123. The van der Waals surface area contributed by atoms with E-state index in [-0.39, 0.29) is 6.54 Å². The molecule has 0 radical (unpaired) electrons. The van der Waals surface area contributed by atoms with Gasteiger partial charge in [-0.25, -0.2) is 4.68 Å². The number of nitrogens with zero attached hydrogens (tertiary/aromatic N) is 3. The van der Waals surface area contributed by atoms with E-state index in [0.717, 1.165) is 5.52 Å². The molecule has 0 saturated heterocycles. The standard InChI is InChI=1S/C17H16N4O4/c1-24-15-9-5-3-7-13(15)18-16(22)11-25-17(23)10-21-14-8-4-2-6-12(14)19-20-21/h2-9H,10-11H2,1H3,(H,18,22). The zero-order valence-corrected chi connectivity index (χ0v) is 13.5. The minimum Gasteiger partial charge on any atom is -0.495 e. The highest BCUT2D eigenvalue weighted by Crippen LogP contribution is 2.22. The summed E-state index contributed by atoms with van der Waals surface area (Å²) in [7, 11) is 1.51. The number of hydrogen-bond acceptors (Lipinski definition) is 6. The number of carbonyl (C=O) groups is 2. The van der Waals surface area contributed by atoms with E-state index < -0.39 is 18.5 Å². The molecule has 25 heavy (non-hydrogen) atoms. The van der Waals surface area contributed by atoms with Gasteiger partial charge in [0.25, 0.3) is 5.91 Å². The quantitative estimate of drug-likeness (QED) is 0.685. The lowest BCUT2D eigenvalue weighted by atomic mass is 10.3. The maximum atomic E-state index is 11.9. The number of amides is 1. The van der Waals surface area contributed by atoms with Crippen molar-refractivity contribution < 1.29 is 19.1 Å². The SMILES string of the molecule is COc1ccccc1NC(=O)COC(=O)Cn1nnc2ccccc21. The summed E-state index contributed by atoms with van der Waals surface area (Å²) in [6, 6.07) is 14.2. The van der Waals surface area contributed by atoms with Crippen LogP contribution in [0.25, 0.3) is 11.0 Å². The first kappa shape index (κ1) is 16.4. The largest absolute Gasteiger partial charge is 0.495 e. The summed E-state index contributed by atoms with van der Waals surface area (Å²) in [6.07, 6.45) is 0. The smallest absolute Gasteiger partial charge is 0.328 e. The predicted molar refractivity (Wildman–Crippen MR) is 90.1 cm³/mol. The van der Waals surface area contributed by atoms with Crippen molar-refractivity contribution in [3.05, 3.63) is 48.5 Å². The highest BCUT2D eigenvalue weighted by molar-refractivity contribution is 5.94. The van der Waals surface area contributed by atoms with E-state index in [1.54, 1.807) is 36.4 Å². The van der Waals surface area contributed by atoms with Crippen molar-refractivity contribution in [1.29, 1.82) is 0 Å². The van der Waals surface area contributed by atoms with Gasteiger partial charge >= 0.3 is 5.97 Å². The molecule has 8 nitrogen and oxygen atoms in total. The Morgan fingerprint density at radius 3 is 2.72 bits per heavy atom. The number of carbonyl (C=O) groups excluding carboxylic acids is 2. The van der Waals surface area contributed by atoms with E-state index in [2.05, 4.69) is 15.6 Å². The van der Waals surface area contributed by atoms with Crippen LogP contribution < -0.4 is 10.1 Å². The Kier molecular flexibility index (Phi) is 4.89. The van der Waals surface area contributed by atoms with E-state index in [0.29, 0.717) is 17.0 Å². The van der Waals surface area contributed by atoms with Gasteiger partial charge in [0, 0.05) is 0 Å². The summed E-state index contributed by atoms with van der Waals surface area (Å²) < 4.78 is 11.6. The van der Waals surface area contributed by atoms with Gasteiger partial charge in [0.05, 0.1) is 18.3 Å². The number of nitrogens with one attached hydrogen (secondary N) is 1. The zero-order valence-electron chi connectivity index (χ0n) is 13.5. The Morgan fingerprint density at radius 2 is 1.88 bits per heavy atom. The lowest BCUT2D eigenvalue weighted by molar-refractivity contribution is -0.148. The molecule has 1 heterocycles. The number of methoxy groups -OCH3 is 1. The average molecular weight is 340 g/mol. The molecule has 0 fully saturated rings. The van der Waals surface area contributed by atoms with Gasteiger partial charge in [-0.1, -0.05) is 29.5 Å². The summed E-state index contributed by atoms with van der Waals surface area (Å²) in [5.41, 5.74) is 1.91. The first-order chi connectivity index (χ1) is 12.2. The van der Waals surface area contributed by atoms with Crippen LogP contribution >= 0.6 is 0 Å². The molecular weight excluding hydrogens is 324 g/mol. The highest BCUT2D eigenvalue weighted by atomic mass is 16.5. The van der Waals surface area contributed by atoms with Crippen molar-refractivity contribution in [2.45, 2.75) is 6.54 Å². The lowest BCUT2D eigenvalue weighted by Gasteiger charge is -2.10. The maximum Gasteiger partial charge on any atom is 0.328 e. The molecule has 0 saturated carbocycles. The zero-order chi connectivity index (χ0) is 17.6. The first-order valence-corrected chi connectivity index (χ1v) is 7.54. The van der Waals surface area contributed by atoms with E-state index in [9.17, 15) is 9.59 Å². The van der Waals surface area contributed by atoms with Crippen LogP contribution in [0.3, 0.4) is 0 Å². The Hall–Kier alpha value is -3.42. The first-order valence-electron chi connectivity index (χ1n) is 7.54. The predicted octanol–water partition coefficient (Wildman–Crippen LogP) is 1.62. The molecule has 0 aliphatic rings. The van der Waals surface area contributed by atoms with Crippen LogP contribution in [-0.4, -0.2) is 40.6 Å². The van der Waals surface area contributed by atoms with Gasteiger partial charge < -0.3 is 14.8 Å². The normalized spacial score (nSPS) is 10.4. The maximum absolute atomic E-state index is 11.9. The number of hydrogen-bond donors (Lipinski definition) is 1. The Balaban J connectivity index is 1.54. The number of anilines is 1. The number of fused-ring (bicyclic) bond motifs is 1. The van der Waals surface area contributed by atoms with Gasteiger partial charge in [-0.05, 0) is 24.3 Å². The van der Waals surface area contributed by atoms with Crippen LogP contribution in [0.2, 0.25) is 0 Å². The third kappa shape index (κ3) is 3.92. The summed E-state index contributed by atoms with van der Waals surface area (Å²) in [5.74, 6) is -0.511. The topological polar surface area (TPSA) is 95.3 Å². The lowest BCUT2D eigenvalue weighted by Crippen LogP contribution is -2.23. The number of rotatable bonds is 6. The van der Waals surface area contributed by atoms with Crippen LogP contribution in [-0.2, 0) is 20.9 Å². The summed E-state index contributed by atoms with van der Waals surface area (Å²) >= 11 is 0. The molecule has 8 heteroatoms. The molecule has 3 aromatic rings. The second-order valence-electron chi connectivity index (χ2n) is 5.14. The highest BCUT2D eigenvalue weighted by Gasteiger charge is 2.12. The van der Waals surface area contributed by atoms with Gasteiger partial charge in [0.15, 0.2) is 6.61 Å². The Labute approximate surface area is 143 Å². The molecule has 0 bridgehead atoms. The molecule has 0 aliphatic heterocycles. The summed E-state index contributed by atoms with van der Waals surface area (Å²) in [6.45, 7) is -0.522. The van der Waals surface area contributed by atoms with Crippen LogP contribution in [0.4, 0.5) is 5.69 Å². The van der Waals surface area contributed by atoms with E-state index >= 15 is 0 Å². The second kappa shape index (κ2) is 7.43. The third-order valence-electron chi connectivity index (χ3n) is 3.44. The van der Waals surface area contributed by atoms with Crippen molar-refractivity contribution >= 4 is 28.6 Å². The third-order valence-corrected chi connectivity index (χ3v) is 3.44. The van der Waals surface area contributed by atoms with Crippen LogP contribution in [0.15, 0.2) is 48.5 Å². The van der Waals surface area contributed by atoms with Gasteiger partial charge in [-0.15, -0.1) is 5.10 Å². The fourth-order valence-electron chi connectivity index (χ4n) is 2.28. The number of para-hydroxylation sites is 3. The van der Waals surface area contributed by atoms with Crippen molar-refractivity contribution in [3.63, 3.8) is 0 Å². The van der Waals surface area contributed by atoms with Gasteiger partial charge in [-0.3, -0.25) is 9.59 Å². The van der Waals surface area contributed by atoms with Crippen molar-refractivity contribution in [1.82, 2.24) is 15.0 Å². The number of ether oxygens (including phenoxy) is 2. The molecule has 3 rings (SSSR count). The molecule has 128 valence electrons. The van der Waals surface area contributed by atoms with Crippen molar-refractivity contribution in [2.75, 3.05) is 19.0 Å². The van der Waals surface area contributed by atoms with E-state index in [1.165, 1.54) is 11.8 Å². The van der Waals surface area contributed by atoms with Gasteiger partial charge in [0.2, 0.25) is 0 Å². The second-order valence-corrected chi connectivity index (χ2v) is 5.14. The Bertz CT molecular complexity index is 906. The van der Waals surface area contributed by atoms with Gasteiger partial charge in [-0.2, -0.15) is 0 Å². The molecule has 0 spiro atoms.